The van der Waals surface area contributed by atoms with Crippen LogP contribution in [0.2, 0.25) is 0 Å². The molecule has 2 aromatic carbocycles. The molecular weight excluding hydrogens is 308 g/mol. The van der Waals surface area contributed by atoms with Crippen molar-refractivity contribution in [2.45, 2.75) is 6.54 Å². The Hall–Kier alpha value is -2.89. The Morgan fingerprint density at radius 1 is 0.917 bits per heavy atom. The zero-order valence-corrected chi connectivity index (χ0v) is 13.9. The second-order valence-electron chi connectivity index (χ2n) is 4.96. The molecule has 0 saturated carbocycles. The first-order chi connectivity index (χ1) is 11.7. The van der Waals surface area contributed by atoms with E-state index in [1.54, 1.807) is 14.2 Å². The van der Waals surface area contributed by atoms with Gasteiger partial charge in [-0.05, 0) is 29.8 Å². The third-order valence-electron chi connectivity index (χ3n) is 3.33. The van der Waals surface area contributed by atoms with Gasteiger partial charge in [-0.25, -0.2) is 4.79 Å². The van der Waals surface area contributed by atoms with Gasteiger partial charge in [-0.1, -0.05) is 24.3 Å². The molecule has 0 aliphatic heterocycles. The second-order valence-corrected chi connectivity index (χ2v) is 4.96. The van der Waals surface area contributed by atoms with Crippen molar-refractivity contribution >= 4 is 6.03 Å². The molecule has 0 aliphatic carbocycles. The lowest BCUT2D eigenvalue weighted by Crippen LogP contribution is -2.37. The topological polar surface area (TPSA) is 68.8 Å². The van der Waals surface area contributed by atoms with Crippen molar-refractivity contribution in [3.63, 3.8) is 0 Å². The van der Waals surface area contributed by atoms with Gasteiger partial charge in [-0.15, -0.1) is 0 Å². The Kier molecular flexibility index (Phi) is 6.76. The Morgan fingerprint density at radius 3 is 2.29 bits per heavy atom. The number of urea groups is 1. The van der Waals surface area contributed by atoms with Crippen molar-refractivity contribution in [1.29, 1.82) is 0 Å². The maximum Gasteiger partial charge on any atom is 0.315 e. The smallest absolute Gasteiger partial charge is 0.315 e. The monoisotopic (exact) mass is 330 g/mol. The van der Waals surface area contributed by atoms with Crippen LogP contribution in [0.1, 0.15) is 5.56 Å². The average Bonchev–Trinajstić information content (AvgIpc) is 2.64. The molecular formula is C18H22N2O4. The molecule has 2 N–H and O–H groups in total. The minimum absolute atomic E-state index is 0.241. The fraction of sp³-hybridized carbons (Fsp3) is 0.278. The van der Waals surface area contributed by atoms with E-state index < -0.39 is 0 Å². The number of carbonyl (C=O) groups is 1. The van der Waals surface area contributed by atoms with Crippen molar-refractivity contribution in [3.8, 4) is 17.2 Å². The van der Waals surface area contributed by atoms with E-state index in [2.05, 4.69) is 10.6 Å². The summed E-state index contributed by atoms with van der Waals surface area (Å²) in [6, 6.07) is 14.7. The van der Waals surface area contributed by atoms with E-state index in [9.17, 15) is 4.79 Å². The van der Waals surface area contributed by atoms with Crippen molar-refractivity contribution in [2.24, 2.45) is 0 Å². The number of para-hydroxylation sites is 2. The number of methoxy groups -OCH3 is 2. The van der Waals surface area contributed by atoms with Gasteiger partial charge in [0.25, 0.3) is 0 Å². The highest BCUT2D eigenvalue weighted by atomic mass is 16.5. The summed E-state index contributed by atoms with van der Waals surface area (Å²) in [5.41, 5.74) is 0.997. The SMILES string of the molecule is COc1ccc(CNC(=O)NCCOc2ccccc2OC)cc1. The van der Waals surface area contributed by atoms with Gasteiger partial charge in [0, 0.05) is 6.54 Å². The third kappa shape index (κ3) is 5.39. The summed E-state index contributed by atoms with van der Waals surface area (Å²) in [5.74, 6) is 2.11. The van der Waals surface area contributed by atoms with Gasteiger partial charge >= 0.3 is 6.03 Å². The maximum absolute atomic E-state index is 11.7. The zero-order valence-electron chi connectivity index (χ0n) is 13.9. The van der Waals surface area contributed by atoms with E-state index in [0.29, 0.717) is 31.2 Å². The standard InChI is InChI=1S/C18H22N2O4/c1-22-15-9-7-14(8-10-15)13-20-18(21)19-11-12-24-17-6-4-3-5-16(17)23-2/h3-10H,11-13H2,1-2H3,(H2,19,20,21). The molecule has 0 spiro atoms. The molecule has 0 aromatic heterocycles. The number of hydrogen-bond acceptors (Lipinski definition) is 4. The second kappa shape index (κ2) is 9.29. The number of rotatable bonds is 8. The van der Waals surface area contributed by atoms with Gasteiger partial charge in [-0.3, -0.25) is 0 Å². The number of nitrogens with one attached hydrogen (secondary N) is 2. The fourth-order valence-electron chi connectivity index (χ4n) is 2.05. The molecule has 0 radical (unpaired) electrons. The van der Waals surface area contributed by atoms with Crippen molar-refractivity contribution in [2.75, 3.05) is 27.4 Å². The predicted molar refractivity (Wildman–Crippen MR) is 91.7 cm³/mol. The average molecular weight is 330 g/mol. The lowest BCUT2D eigenvalue weighted by molar-refractivity contribution is 0.235. The molecule has 6 heteroatoms. The summed E-state index contributed by atoms with van der Waals surface area (Å²) in [5, 5.41) is 5.53. The van der Waals surface area contributed by atoms with Crippen molar-refractivity contribution in [3.05, 3.63) is 54.1 Å². The molecule has 6 nitrogen and oxygen atoms in total. The van der Waals surface area contributed by atoms with Crippen LogP contribution < -0.4 is 24.8 Å². The third-order valence-corrected chi connectivity index (χ3v) is 3.33. The van der Waals surface area contributed by atoms with Gasteiger partial charge in [-0.2, -0.15) is 0 Å². The Balaban J connectivity index is 1.66. The summed E-state index contributed by atoms with van der Waals surface area (Å²) in [6.45, 7) is 1.20. The summed E-state index contributed by atoms with van der Waals surface area (Å²) in [6.07, 6.45) is 0. The first-order valence-electron chi connectivity index (χ1n) is 7.63. The van der Waals surface area contributed by atoms with E-state index in [4.69, 9.17) is 14.2 Å². The van der Waals surface area contributed by atoms with E-state index in [1.165, 1.54) is 0 Å². The van der Waals surface area contributed by atoms with Crippen LogP contribution >= 0.6 is 0 Å². The van der Waals surface area contributed by atoms with Gasteiger partial charge in [0.15, 0.2) is 11.5 Å². The van der Waals surface area contributed by atoms with E-state index >= 15 is 0 Å². The summed E-state index contributed by atoms with van der Waals surface area (Å²) in [7, 11) is 3.21. The summed E-state index contributed by atoms with van der Waals surface area (Å²) >= 11 is 0. The number of carbonyl (C=O) groups excluding carboxylic acids is 1. The molecule has 24 heavy (non-hydrogen) atoms. The Bertz CT molecular complexity index is 644. The highest BCUT2D eigenvalue weighted by Crippen LogP contribution is 2.25. The van der Waals surface area contributed by atoms with E-state index in [1.807, 2.05) is 48.5 Å². The lowest BCUT2D eigenvalue weighted by Gasteiger charge is -2.11. The van der Waals surface area contributed by atoms with Crippen LogP contribution in [0.3, 0.4) is 0 Å². The van der Waals surface area contributed by atoms with Crippen LogP contribution in [-0.4, -0.2) is 33.4 Å². The number of ether oxygens (including phenoxy) is 3. The van der Waals surface area contributed by atoms with Crippen LogP contribution in [0, 0.1) is 0 Å². The molecule has 0 unspecified atom stereocenters. The summed E-state index contributed by atoms with van der Waals surface area (Å²) < 4.78 is 15.9. The van der Waals surface area contributed by atoms with Crippen LogP contribution in [0.4, 0.5) is 4.79 Å². The van der Waals surface area contributed by atoms with Gasteiger partial charge in [0.1, 0.15) is 12.4 Å². The minimum Gasteiger partial charge on any atom is -0.497 e. The first-order valence-corrected chi connectivity index (χ1v) is 7.63. The molecule has 0 fully saturated rings. The molecule has 0 bridgehead atoms. The Morgan fingerprint density at radius 2 is 1.62 bits per heavy atom. The highest BCUT2D eigenvalue weighted by Gasteiger charge is 2.03. The van der Waals surface area contributed by atoms with Crippen LogP contribution in [0.15, 0.2) is 48.5 Å². The minimum atomic E-state index is -0.241. The zero-order chi connectivity index (χ0) is 17.2. The fourth-order valence-corrected chi connectivity index (χ4v) is 2.05. The van der Waals surface area contributed by atoms with Crippen LogP contribution in [0.25, 0.3) is 0 Å². The molecule has 0 aliphatic rings. The quantitative estimate of drug-likeness (QED) is 0.730. The largest absolute Gasteiger partial charge is 0.497 e. The number of amides is 2. The number of benzene rings is 2. The maximum atomic E-state index is 11.7. The summed E-state index contributed by atoms with van der Waals surface area (Å²) in [4.78, 5) is 11.7. The van der Waals surface area contributed by atoms with Crippen molar-refractivity contribution in [1.82, 2.24) is 10.6 Å². The predicted octanol–water partition coefficient (Wildman–Crippen LogP) is 2.58. The Labute approximate surface area is 141 Å². The number of hydrogen-bond donors (Lipinski definition) is 2. The van der Waals surface area contributed by atoms with Crippen LogP contribution in [0.5, 0.6) is 17.2 Å². The lowest BCUT2D eigenvalue weighted by atomic mass is 10.2. The van der Waals surface area contributed by atoms with E-state index in [0.717, 1.165) is 11.3 Å². The molecule has 0 saturated heterocycles. The van der Waals surface area contributed by atoms with Crippen molar-refractivity contribution < 1.29 is 19.0 Å². The molecule has 128 valence electrons. The molecule has 0 heterocycles. The van der Waals surface area contributed by atoms with E-state index in [-0.39, 0.29) is 6.03 Å². The normalized spacial score (nSPS) is 9.92. The van der Waals surface area contributed by atoms with Crippen LogP contribution in [-0.2, 0) is 6.54 Å². The molecule has 0 atom stereocenters. The van der Waals surface area contributed by atoms with Gasteiger partial charge < -0.3 is 24.8 Å². The molecule has 2 rings (SSSR count). The highest BCUT2D eigenvalue weighted by molar-refractivity contribution is 5.73. The molecule has 2 aromatic rings. The van der Waals surface area contributed by atoms with Gasteiger partial charge in [0.05, 0.1) is 20.8 Å². The van der Waals surface area contributed by atoms with Gasteiger partial charge in [0.2, 0.25) is 0 Å². The molecule has 2 amide bonds. The first kappa shape index (κ1) is 17.5.